The molecule has 80 valence electrons. The lowest BCUT2D eigenvalue weighted by atomic mass is 9.87. The van der Waals surface area contributed by atoms with Crippen LogP contribution < -0.4 is 0 Å². The predicted octanol–water partition coefficient (Wildman–Crippen LogP) is 1.42. The topological polar surface area (TPSA) is 55.0 Å². The van der Waals surface area contributed by atoms with Crippen LogP contribution in [-0.2, 0) is 22.4 Å². The van der Waals surface area contributed by atoms with Crippen molar-refractivity contribution in [3.8, 4) is 0 Å². The van der Waals surface area contributed by atoms with Crippen molar-refractivity contribution in [2.45, 2.75) is 19.3 Å². The normalized spacial score (nSPS) is 19.4. The Bertz CT molecular complexity index is 441. The van der Waals surface area contributed by atoms with E-state index >= 15 is 0 Å². The first kappa shape index (κ1) is 10.3. The lowest BCUT2D eigenvalue weighted by molar-refractivity contribution is -0.145. The Labute approximate surface area is 92.7 Å². The molecule has 1 atom stereocenters. The van der Waals surface area contributed by atoms with E-state index in [0.717, 1.165) is 24.1 Å². The average molecular weight is 224 g/mol. The first-order valence-electron chi connectivity index (χ1n) is 4.85. The maximum Gasteiger partial charge on any atom is 0.309 e. The molecule has 2 rings (SSSR count). The number of nitrogens with zero attached hydrogens (tertiary/aromatic N) is 1. The number of aromatic amines is 1. The second-order valence-corrected chi connectivity index (χ2v) is 4.04. The van der Waals surface area contributed by atoms with Crippen LogP contribution in [0.1, 0.15) is 17.7 Å². The number of hydrogen-bond donors (Lipinski definition) is 1. The van der Waals surface area contributed by atoms with E-state index in [1.807, 2.05) is 0 Å². The molecule has 1 N–H and O–H groups in total. The minimum absolute atomic E-state index is 0.0336. The van der Waals surface area contributed by atoms with E-state index in [9.17, 15) is 4.79 Å². The fraction of sp³-hybridized carbons (Fsp3) is 0.500. The van der Waals surface area contributed by atoms with Crippen molar-refractivity contribution in [3.63, 3.8) is 0 Å². The average Bonchev–Trinajstić information content (AvgIpc) is 2.27. The highest BCUT2D eigenvalue weighted by Gasteiger charge is 2.25. The monoisotopic (exact) mass is 224 g/mol. The predicted molar refractivity (Wildman–Crippen MR) is 57.0 cm³/mol. The van der Waals surface area contributed by atoms with Crippen molar-refractivity contribution in [3.05, 3.63) is 22.2 Å². The molecular formula is C10H12N2O2S. The van der Waals surface area contributed by atoms with Crippen molar-refractivity contribution >= 4 is 18.2 Å². The number of ether oxygens (including phenoxy) is 1. The van der Waals surface area contributed by atoms with Crippen LogP contribution in [0.3, 0.4) is 0 Å². The van der Waals surface area contributed by atoms with Crippen molar-refractivity contribution in [2.75, 3.05) is 7.11 Å². The van der Waals surface area contributed by atoms with E-state index in [0.29, 0.717) is 11.2 Å². The second kappa shape index (κ2) is 4.10. The Morgan fingerprint density at radius 1 is 1.73 bits per heavy atom. The van der Waals surface area contributed by atoms with Gasteiger partial charge in [0.05, 0.1) is 13.0 Å². The number of fused-ring (bicyclic) bond motifs is 1. The van der Waals surface area contributed by atoms with Gasteiger partial charge in [0.2, 0.25) is 0 Å². The van der Waals surface area contributed by atoms with Crippen LogP contribution in [0.25, 0.3) is 0 Å². The summed E-state index contributed by atoms with van der Waals surface area (Å²) in [5, 5.41) is 0. The number of carbonyl (C=O) groups is 1. The summed E-state index contributed by atoms with van der Waals surface area (Å²) in [5.74, 6) is -0.170. The van der Waals surface area contributed by atoms with Gasteiger partial charge >= 0.3 is 5.97 Å². The van der Waals surface area contributed by atoms with E-state index in [1.54, 1.807) is 6.20 Å². The molecule has 0 unspecified atom stereocenters. The lowest BCUT2D eigenvalue weighted by Gasteiger charge is -2.21. The molecule has 0 aliphatic heterocycles. The first-order valence-corrected chi connectivity index (χ1v) is 5.26. The van der Waals surface area contributed by atoms with Gasteiger partial charge in [-0.2, -0.15) is 0 Å². The molecule has 0 amide bonds. The van der Waals surface area contributed by atoms with Crippen LogP contribution in [0.4, 0.5) is 0 Å². The molecule has 1 aromatic rings. The summed E-state index contributed by atoms with van der Waals surface area (Å²) >= 11 is 4.94. The fourth-order valence-corrected chi connectivity index (χ4v) is 2.08. The molecule has 4 nitrogen and oxygen atoms in total. The largest absolute Gasteiger partial charge is 0.469 e. The van der Waals surface area contributed by atoms with Gasteiger partial charge in [0, 0.05) is 11.9 Å². The number of H-pyrrole nitrogens is 1. The third-order valence-electron chi connectivity index (χ3n) is 2.73. The van der Waals surface area contributed by atoms with Crippen molar-refractivity contribution < 1.29 is 9.53 Å². The van der Waals surface area contributed by atoms with Crippen LogP contribution in [0.15, 0.2) is 6.20 Å². The molecule has 5 heteroatoms. The molecule has 0 fully saturated rings. The van der Waals surface area contributed by atoms with Gasteiger partial charge in [-0.1, -0.05) is 0 Å². The van der Waals surface area contributed by atoms with Crippen LogP contribution in [0.2, 0.25) is 0 Å². The molecule has 0 aromatic carbocycles. The number of aromatic nitrogens is 2. The number of methoxy groups -OCH3 is 1. The van der Waals surface area contributed by atoms with Gasteiger partial charge in [0.1, 0.15) is 0 Å². The van der Waals surface area contributed by atoms with Crippen LogP contribution in [0.5, 0.6) is 0 Å². The van der Waals surface area contributed by atoms with Gasteiger partial charge in [-0.25, -0.2) is 4.98 Å². The zero-order chi connectivity index (χ0) is 10.8. The molecule has 0 saturated heterocycles. The number of hydrogen-bond acceptors (Lipinski definition) is 4. The third-order valence-corrected chi connectivity index (χ3v) is 2.93. The minimum Gasteiger partial charge on any atom is -0.469 e. The Kier molecular flexibility index (Phi) is 2.81. The van der Waals surface area contributed by atoms with Crippen LogP contribution >= 0.6 is 12.2 Å². The van der Waals surface area contributed by atoms with Crippen LogP contribution in [0, 0.1) is 10.7 Å². The third kappa shape index (κ3) is 2.07. The van der Waals surface area contributed by atoms with Gasteiger partial charge in [0.25, 0.3) is 0 Å². The van der Waals surface area contributed by atoms with E-state index in [-0.39, 0.29) is 11.9 Å². The highest BCUT2D eigenvalue weighted by molar-refractivity contribution is 7.71. The Hall–Kier alpha value is -1.23. The Morgan fingerprint density at radius 2 is 2.53 bits per heavy atom. The summed E-state index contributed by atoms with van der Waals surface area (Å²) in [7, 11) is 1.43. The summed E-state index contributed by atoms with van der Waals surface area (Å²) in [6.45, 7) is 0. The number of esters is 1. The molecule has 15 heavy (non-hydrogen) atoms. The summed E-state index contributed by atoms with van der Waals surface area (Å²) in [6.07, 6.45) is 4.10. The molecule has 1 heterocycles. The first-order chi connectivity index (χ1) is 7.20. The summed E-state index contributed by atoms with van der Waals surface area (Å²) in [6, 6.07) is 0. The maximum absolute atomic E-state index is 11.4. The second-order valence-electron chi connectivity index (χ2n) is 3.66. The number of rotatable bonds is 1. The quantitative estimate of drug-likeness (QED) is 0.579. The van der Waals surface area contributed by atoms with E-state index in [4.69, 9.17) is 17.0 Å². The SMILES string of the molecule is COC(=O)[C@H]1CCc2[nH]c(=S)ncc2C1. The lowest BCUT2D eigenvalue weighted by Crippen LogP contribution is -2.24. The van der Waals surface area contributed by atoms with E-state index in [2.05, 4.69) is 9.97 Å². The summed E-state index contributed by atoms with van der Waals surface area (Å²) in [5.41, 5.74) is 2.18. The Morgan fingerprint density at radius 3 is 3.27 bits per heavy atom. The van der Waals surface area contributed by atoms with Gasteiger partial charge < -0.3 is 9.72 Å². The standard InChI is InChI=1S/C10H12N2O2S/c1-14-9(13)6-2-3-8-7(4-6)5-11-10(15)12-8/h5-6H,2-4H2,1H3,(H,11,12,15)/t6-/m0/s1. The molecule has 1 aliphatic rings. The molecular weight excluding hydrogens is 212 g/mol. The van der Waals surface area contributed by atoms with Gasteiger partial charge in [-0.05, 0) is 37.0 Å². The highest BCUT2D eigenvalue weighted by Crippen LogP contribution is 2.24. The molecule has 1 aliphatic carbocycles. The number of aryl methyl sites for hydroxylation is 1. The zero-order valence-electron chi connectivity index (χ0n) is 8.45. The van der Waals surface area contributed by atoms with Crippen molar-refractivity contribution in [1.82, 2.24) is 9.97 Å². The zero-order valence-corrected chi connectivity index (χ0v) is 9.26. The number of nitrogens with one attached hydrogen (secondary N) is 1. The van der Waals surface area contributed by atoms with Gasteiger partial charge in [-0.15, -0.1) is 0 Å². The van der Waals surface area contributed by atoms with E-state index < -0.39 is 0 Å². The molecule has 0 spiro atoms. The smallest absolute Gasteiger partial charge is 0.309 e. The number of carbonyl (C=O) groups excluding carboxylic acids is 1. The minimum atomic E-state index is -0.136. The van der Waals surface area contributed by atoms with Crippen molar-refractivity contribution in [2.24, 2.45) is 5.92 Å². The summed E-state index contributed by atoms with van der Waals surface area (Å²) in [4.78, 5) is 18.4. The molecule has 0 radical (unpaired) electrons. The molecule has 0 bridgehead atoms. The van der Waals surface area contributed by atoms with E-state index in [1.165, 1.54) is 7.11 Å². The molecule has 0 saturated carbocycles. The fourth-order valence-electron chi connectivity index (χ4n) is 1.91. The van der Waals surface area contributed by atoms with Gasteiger partial charge in [-0.3, -0.25) is 4.79 Å². The Balaban J connectivity index is 2.24. The maximum atomic E-state index is 11.4. The van der Waals surface area contributed by atoms with Crippen molar-refractivity contribution in [1.29, 1.82) is 0 Å². The van der Waals surface area contributed by atoms with Crippen LogP contribution in [-0.4, -0.2) is 23.0 Å². The van der Waals surface area contributed by atoms with Gasteiger partial charge in [0.15, 0.2) is 4.77 Å². The molecule has 1 aromatic heterocycles. The highest BCUT2D eigenvalue weighted by atomic mass is 32.1. The summed E-state index contributed by atoms with van der Waals surface area (Å²) < 4.78 is 5.24.